The van der Waals surface area contributed by atoms with Crippen molar-refractivity contribution in [1.29, 1.82) is 0 Å². The van der Waals surface area contributed by atoms with E-state index in [1.165, 1.54) is 23.9 Å². The molecule has 0 aliphatic carbocycles. The third-order valence-electron chi connectivity index (χ3n) is 2.43. The summed E-state index contributed by atoms with van der Waals surface area (Å²) in [7, 11) is 1.88. The Morgan fingerprint density at radius 1 is 1.22 bits per heavy atom. The molecule has 0 fully saturated rings. The molecule has 0 spiro atoms. The molecule has 1 aromatic heterocycles. The van der Waals surface area contributed by atoms with Crippen molar-refractivity contribution in [2.75, 3.05) is 0 Å². The lowest BCUT2D eigenvalue weighted by atomic mass is 10.1. The Morgan fingerprint density at radius 2 is 1.89 bits per heavy atom. The van der Waals surface area contributed by atoms with E-state index in [2.05, 4.69) is 4.98 Å². The first kappa shape index (κ1) is 13.0. The number of benzene rings is 1. The zero-order chi connectivity index (χ0) is 13.2. The van der Waals surface area contributed by atoms with Crippen molar-refractivity contribution in [2.45, 2.75) is 17.1 Å². The Morgan fingerprint density at radius 3 is 2.39 bits per heavy atom. The van der Waals surface area contributed by atoms with Gasteiger partial charge in [0, 0.05) is 25.2 Å². The summed E-state index contributed by atoms with van der Waals surface area (Å²) in [6.45, 7) is 0. The summed E-state index contributed by atoms with van der Waals surface area (Å²) in [4.78, 5) is 4.13. The number of thioether (sulfide) groups is 1. The number of alkyl halides is 3. The molecule has 0 aliphatic rings. The van der Waals surface area contributed by atoms with Gasteiger partial charge in [0.15, 0.2) is 5.16 Å². The lowest BCUT2D eigenvalue weighted by Crippen LogP contribution is -2.04. The van der Waals surface area contributed by atoms with Gasteiger partial charge in [0.1, 0.15) is 0 Å². The van der Waals surface area contributed by atoms with E-state index in [9.17, 15) is 13.2 Å². The van der Waals surface area contributed by atoms with Crippen molar-refractivity contribution >= 4 is 11.8 Å². The van der Waals surface area contributed by atoms with Gasteiger partial charge in [-0.2, -0.15) is 13.2 Å². The summed E-state index contributed by atoms with van der Waals surface area (Å²) >= 11 is 1.49. The second-order valence-corrected chi connectivity index (χ2v) is 4.75. The molecule has 1 heterocycles. The fourth-order valence-corrected chi connectivity index (χ4v) is 2.32. The molecular formula is C12H11F3N2S. The summed E-state index contributed by atoms with van der Waals surface area (Å²) in [5.74, 6) is 0.600. The first-order valence-electron chi connectivity index (χ1n) is 5.23. The smallest absolute Gasteiger partial charge is 0.329 e. The van der Waals surface area contributed by atoms with Crippen molar-refractivity contribution < 1.29 is 13.2 Å². The molecule has 0 radical (unpaired) electrons. The molecule has 0 saturated heterocycles. The minimum absolute atomic E-state index is 0.600. The maximum Gasteiger partial charge on any atom is 0.416 e. The molecule has 1 aromatic carbocycles. The second-order valence-electron chi connectivity index (χ2n) is 3.80. The molecule has 6 heteroatoms. The van der Waals surface area contributed by atoms with Gasteiger partial charge in [-0.3, -0.25) is 0 Å². The molecule has 0 amide bonds. The number of halogens is 3. The highest BCUT2D eigenvalue weighted by atomic mass is 32.2. The van der Waals surface area contributed by atoms with Gasteiger partial charge in [0.2, 0.25) is 0 Å². The summed E-state index contributed by atoms with van der Waals surface area (Å²) in [6, 6.07) is 5.21. The quantitative estimate of drug-likeness (QED) is 0.792. The van der Waals surface area contributed by atoms with Crippen LogP contribution in [-0.4, -0.2) is 9.55 Å². The van der Waals surface area contributed by atoms with Crippen LogP contribution >= 0.6 is 11.8 Å². The van der Waals surface area contributed by atoms with Crippen molar-refractivity contribution in [1.82, 2.24) is 9.55 Å². The van der Waals surface area contributed by atoms with Crippen LogP contribution in [0.3, 0.4) is 0 Å². The first-order chi connectivity index (χ1) is 8.47. The fraction of sp³-hybridized carbons (Fsp3) is 0.250. The molecule has 18 heavy (non-hydrogen) atoms. The van der Waals surface area contributed by atoms with E-state index in [1.807, 2.05) is 17.8 Å². The van der Waals surface area contributed by atoms with Crippen LogP contribution < -0.4 is 0 Å². The van der Waals surface area contributed by atoms with Crippen LogP contribution in [0.5, 0.6) is 0 Å². The number of rotatable bonds is 3. The third kappa shape index (κ3) is 3.07. The molecule has 0 atom stereocenters. The van der Waals surface area contributed by atoms with Gasteiger partial charge < -0.3 is 4.57 Å². The largest absolute Gasteiger partial charge is 0.416 e. The molecular weight excluding hydrogens is 261 g/mol. The Hall–Kier alpha value is -1.43. The maximum absolute atomic E-state index is 12.4. The number of hydrogen-bond acceptors (Lipinski definition) is 2. The third-order valence-corrected chi connectivity index (χ3v) is 3.56. The number of hydrogen-bond donors (Lipinski definition) is 0. The van der Waals surface area contributed by atoms with E-state index in [-0.39, 0.29) is 0 Å². The Kier molecular flexibility index (Phi) is 3.65. The van der Waals surface area contributed by atoms with Gasteiger partial charge in [-0.25, -0.2) is 4.98 Å². The van der Waals surface area contributed by atoms with Gasteiger partial charge in [-0.1, -0.05) is 23.9 Å². The van der Waals surface area contributed by atoms with Crippen LogP contribution in [0.15, 0.2) is 41.8 Å². The topological polar surface area (TPSA) is 17.8 Å². The maximum atomic E-state index is 12.4. The molecule has 0 N–H and O–H groups in total. The van der Waals surface area contributed by atoms with Crippen LogP contribution in [0, 0.1) is 0 Å². The molecule has 2 rings (SSSR count). The van der Waals surface area contributed by atoms with E-state index >= 15 is 0 Å². The summed E-state index contributed by atoms with van der Waals surface area (Å²) in [5, 5.41) is 0.842. The minimum Gasteiger partial charge on any atom is -0.329 e. The molecule has 96 valence electrons. The van der Waals surface area contributed by atoms with Crippen LogP contribution in [-0.2, 0) is 19.0 Å². The van der Waals surface area contributed by atoms with E-state index in [0.717, 1.165) is 22.9 Å². The Balaban J connectivity index is 2.01. The van der Waals surface area contributed by atoms with Gasteiger partial charge in [-0.15, -0.1) is 0 Å². The first-order valence-corrected chi connectivity index (χ1v) is 6.21. The van der Waals surface area contributed by atoms with Crippen LogP contribution in [0.4, 0.5) is 13.2 Å². The number of imidazole rings is 1. The second kappa shape index (κ2) is 5.06. The van der Waals surface area contributed by atoms with E-state index in [0.29, 0.717) is 5.75 Å². The van der Waals surface area contributed by atoms with Gasteiger partial charge in [-0.05, 0) is 17.7 Å². The molecule has 0 saturated carbocycles. The number of aryl methyl sites for hydroxylation is 1. The normalized spacial score (nSPS) is 11.8. The Bertz CT molecular complexity index is 517. The van der Waals surface area contributed by atoms with Crippen LogP contribution in [0.1, 0.15) is 11.1 Å². The molecule has 2 aromatic rings. The Labute approximate surface area is 107 Å². The number of nitrogens with zero attached hydrogens (tertiary/aromatic N) is 2. The van der Waals surface area contributed by atoms with Gasteiger partial charge >= 0.3 is 6.18 Å². The summed E-state index contributed by atoms with van der Waals surface area (Å²) in [5.41, 5.74) is 0.226. The predicted octanol–water partition coefficient (Wildman–Crippen LogP) is 3.73. The zero-order valence-corrected chi connectivity index (χ0v) is 10.4. The fourth-order valence-electron chi connectivity index (χ4n) is 1.43. The van der Waals surface area contributed by atoms with Gasteiger partial charge in [0.05, 0.1) is 5.56 Å². The average Bonchev–Trinajstić information content (AvgIpc) is 2.72. The highest BCUT2D eigenvalue weighted by Gasteiger charge is 2.29. The minimum atomic E-state index is -4.27. The van der Waals surface area contributed by atoms with Crippen LogP contribution in [0.2, 0.25) is 0 Å². The predicted molar refractivity (Wildman–Crippen MR) is 64.2 cm³/mol. The van der Waals surface area contributed by atoms with Crippen LogP contribution in [0.25, 0.3) is 0 Å². The molecule has 0 bridgehead atoms. The molecule has 0 aliphatic heterocycles. The van der Waals surface area contributed by atoms with Crippen molar-refractivity contribution in [3.8, 4) is 0 Å². The van der Waals surface area contributed by atoms with Crippen molar-refractivity contribution in [3.05, 3.63) is 47.8 Å². The zero-order valence-electron chi connectivity index (χ0n) is 9.61. The van der Waals surface area contributed by atoms with E-state index in [4.69, 9.17) is 0 Å². The SMILES string of the molecule is Cn1ccnc1SCc1ccc(C(F)(F)F)cc1. The van der Waals surface area contributed by atoms with E-state index in [1.54, 1.807) is 6.20 Å². The standard InChI is InChI=1S/C12H11F3N2S/c1-17-7-6-16-11(17)18-8-9-2-4-10(5-3-9)12(13,14)15/h2-7H,8H2,1H3. The van der Waals surface area contributed by atoms with Crippen molar-refractivity contribution in [3.63, 3.8) is 0 Å². The highest BCUT2D eigenvalue weighted by molar-refractivity contribution is 7.98. The lowest BCUT2D eigenvalue weighted by Gasteiger charge is -2.07. The monoisotopic (exact) mass is 272 g/mol. The summed E-state index contributed by atoms with van der Waals surface area (Å²) in [6.07, 6.45) is -0.754. The van der Waals surface area contributed by atoms with Crippen molar-refractivity contribution in [2.24, 2.45) is 7.05 Å². The lowest BCUT2D eigenvalue weighted by molar-refractivity contribution is -0.137. The molecule has 0 unspecified atom stereocenters. The number of aromatic nitrogens is 2. The highest BCUT2D eigenvalue weighted by Crippen LogP contribution is 2.30. The molecule has 2 nitrogen and oxygen atoms in total. The van der Waals surface area contributed by atoms with E-state index < -0.39 is 11.7 Å². The van der Waals surface area contributed by atoms with Gasteiger partial charge in [0.25, 0.3) is 0 Å². The average molecular weight is 272 g/mol. The summed E-state index contributed by atoms with van der Waals surface area (Å²) < 4.78 is 39.0.